The van der Waals surface area contributed by atoms with Gasteiger partial charge < -0.3 is 9.84 Å². The summed E-state index contributed by atoms with van der Waals surface area (Å²) < 4.78 is 5.64. The molecule has 1 aromatic carbocycles. The molecule has 0 radical (unpaired) electrons. The third-order valence-electron chi connectivity index (χ3n) is 3.51. The molecule has 1 N–H and O–H groups in total. The van der Waals surface area contributed by atoms with Crippen LogP contribution in [0.2, 0.25) is 0 Å². The molecular formula is C15H14O4. The summed E-state index contributed by atoms with van der Waals surface area (Å²) in [4.78, 5) is 24.8. The lowest BCUT2D eigenvalue weighted by Crippen LogP contribution is -2.42. The molecule has 0 saturated carbocycles. The summed E-state index contributed by atoms with van der Waals surface area (Å²) in [6.07, 6.45) is -0.656. The van der Waals surface area contributed by atoms with E-state index in [1.54, 1.807) is 38.1 Å². The normalized spacial score (nSPS) is 24.7. The summed E-state index contributed by atoms with van der Waals surface area (Å²) in [6.45, 7) is 3.58. The number of carbonyl (C=O) groups is 2. The topological polar surface area (TPSA) is 63.6 Å². The Balaban J connectivity index is 2.20. The van der Waals surface area contributed by atoms with Crippen LogP contribution in [0.5, 0.6) is 0 Å². The van der Waals surface area contributed by atoms with Crippen molar-refractivity contribution in [2.45, 2.75) is 32.0 Å². The third-order valence-corrected chi connectivity index (χ3v) is 3.51. The molecule has 0 saturated heterocycles. The number of hydrogen-bond donors (Lipinski definition) is 1. The predicted molar refractivity (Wildman–Crippen MR) is 67.9 cm³/mol. The number of ether oxygens (including phenoxy) is 1. The molecule has 2 aliphatic rings. The average molecular weight is 258 g/mol. The maximum Gasteiger partial charge on any atom is 0.228 e. The van der Waals surface area contributed by atoms with E-state index in [0.717, 1.165) is 0 Å². The summed E-state index contributed by atoms with van der Waals surface area (Å²) in [5, 5.41) is 10.1. The summed E-state index contributed by atoms with van der Waals surface area (Å²) >= 11 is 0. The van der Waals surface area contributed by atoms with Gasteiger partial charge >= 0.3 is 0 Å². The van der Waals surface area contributed by atoms with Gasteiger partial charge in [0, 0.05) is 17.5 Å². The minimum absolute atomic E-state index is 0.00690. The zero-order valence-electron chi connectivity index (χ0n) is 10.8. The second-order valence-electron chi connectivity index (χ2n) is 5.53. The van der Waals surface area contributed by atoms with Crippen molar-refractivity contribution >= 4 is 11.6 Å². The highest BCUT2D eigenvalue weighted by Crippen LogP contribution is 2.38. The second kappa shape index (κ2) is 3.78. The number of allylic oxidation sites excluding steroid dienone is 1. The summed E-state index contributed by atoms with van der Waals surface area (Å²) in [6, 6.07) is 6.62. The molecule has 4 nitrogen and oxygen atoms in total. The van der Waals surface area contributed by atoms with Gasteiger partial charge in [0.1, 0.15) is 5.60 Å². The number of ketones is 2. The van der Waals surface area contributed by atoms with Gasteiger partial charge in [-0.15, -0.1) is 0 Å². The van der Waals surface area contributed by atoms with Gasteiger partial charge in [-0.3, -0.25) is 9.59 Å². The van der Waals surface area contributed by atoms with Gasteiger partial charge in [0.15, 0.2) is 11.5 Å². The van der Waals surface area contributed by atoms with Crippen LogP contribution in [-0.4, -0.2) is 28.4 Å². The lowest BCUT2D eigenvalue weighted by Gasteiger charge is -2.37. The molecule has 1 atom stereocenters. The predicted octanol–water partition coefficient (Wildman–Crippen LogP) is 1.88. The van der Waals surface area contributed by atoms with E-state index >= 15 is 0 Å². The van der Waals surface area contributed by atoms with E-state index in [1.807, 2.05) is 0 Å². The SMILES string of the molecule is CC1(C)CC(O)C2=C(O1)C(=O)c1ccccc1C2=O. The highest BCUT2D eigenvalue weighted by Gasteiger charge is 2.44. The fourth-order valence-corrected chi connectivity index (χ4v) is 2.66. The quantitative estimate of drug-likeness (QED) is 0.771. The summed E-state index contributed by atoms with van der Waals surface area (Å²) in [5.41, 5.74) is 0.133. The van der Waals surface area contributed by atoms with Gasteiger partial charge in [0.05, 0.1) is 11.7 Å². The van der Waals surface area contributed by atoms with Crippen LogP contribution < -0.4 is 0 Å². The Hall–Kier alpha value is -1.94. The van der Waals surface area contributed by atoms with Crippen molar-refractivity contribution < 1.29 is 19.4 Å². The zero-order chi connectivity index (χ0) is 13.8. The largest absolute Gasteiger partial charge is 0.483 e. The number of aliphatic hydroxyl groups excluding tert-OH is 1. The third kappa shape index (κ3) is 1.71. The molecule has 4 heteroatoms. The fourth-order valence-electron chi connectivity index (χ4n) is 2.66. The van der Waals surface area contributed by atoms with Crippen molar-refractivity contribution in [1.29, 1.82) is 0 Å². The van der Waals surface area contributed by atoms with E-state index in [1.165, 1.54) is 0 Å². The highest BCUT2D eigenvalue weighted by molar-refractivity contribution is 6.26. The Labute approximate surface area is 110 Å². The molecule has 0 aromatic heterocycles. The fraction of sp³-hybridized carbons (Fsp3) is 0.333. The smallest absolute Gasteiger partial charge is 0.228 e. The number of hydrogen-bond acceptors (Lipinski definition) is 4. The Morgan fingerprint density at radius 3 is 2.37 bits per heavy atom. The van der Waals surface area contributed by atoms with E-state index in [2.05, 4.69) is 0 Å². The molecule has 3 rings (SSSR count). The summed E-state index contributed by atoms with van der Waals surface area (Å²) in [7, 11) is 0. The van der Waals surface area contributed by atoms with Crippen LogP contribution in [0.25, 0.3) is 0 Å². The van der Waals surface area contributed by atoms with E-state index in [9.17, 15) is 14.7 Å². The number of carbonyl (C=O) groups excluding carboxylic acids is 2. The van der Waals surface area contributed by atoms with Gasteiger partial charge in [-0.05, 0) is 13.8 Å². The van der Waals surface area contributed by atoms with Crippen LogP contribution in [0, 0.1) is 0 Å². The Kier molecular flexibility index (Phi) is 2.41. The molecule has 1 aliphatic carbocycles. The van der Waals surface area contributed by atoms with Crippen molar-refractivity contribution in [3.63, 3.8) is 0 Å². The Morgan fingerprint density at radius 1 is 1.16 bits per heavy atom. The molecule has 0 bridgehead atoms. The Morgan fingerprint density at radius 2 is 1.74 bits per heavy atom. The molecule has 1 unspecified atom stereocenters. The number of Topliss-reactive ketones (excluding diaryl/α,β-unsaturated/α-hetero) is 2. The van der Waals surface area contributed by atoms with Crippen molar-refractivity contribution in [3.05, 3.63) is 46.7 Å². The van der Waals surface area contributed by atoms with E-state index < -0.39 is 11.7 Å². The molecule has 1 aliphatic heterocycles. The minimum Gasteiger partial charge on any atom is -0.483 e. The first-order chi connectivity index (χ1) is 8.91. The summed E-state index contributed by atoms with van der Waals surface area (Å²) in [5.74, 6) is -0.627. The van der Waals surface area contributed by atoms with Crippen LogP contribution >= 0.6 is 0 Å². The number of fused-ring (bicyclic) bond motifs is 1. The molecular weight excluding hydrogens is 244 g/mol. The van der Waals surface area contributed by atoms with Gasteiger partial charge in [0.25, 0.3) is 0 Å². The van der Waals surface area contributed by atoms with E-state index in [-0.39, 0.29) is 22.9 Å². The standard InChI is InChI=1S/C15H14O4/c1-15(2)7-10(16)11-12(17)8-5-3-4-6-9(8)13(18)14(11)19-15/h3-6,10,16H,7H2,1-2H3. The first-order valence-electron chi connectivity index (χ1n) is 6.20. The van der Waals surface area contributed by atoms with Crippen LogP contribution in [0.1, 0.15) is 41.0 Å². The van der Waals surface area contributed by atoms with Crippen molar-refractivity contribution in [2.75, 3.05) is 0 Å². The van der Waals surface area contributed by atoms with Crippen LogP contribution in [-0.2, 0) is 4.74 Å². The Bertz CT molecular complexity index is 625. The highest BCUT2D eigenvalue weighted by atomic mass is 16.5. The van der Waals surface area contributed by atoms with Crippen LogP contribution in [0.15, 0.2) is 35.6 Å². The first-order valence-corrected chi connectivity index (χ1v) is 6.20. The minimum atomic E-state index is -0.955. The number of aliphatic hydroxyl groups is 1. The van der Waals surface area contributed by atoms with Gasteiger partial charge in [-0.1, -0.05) is 24.3 Å². The van der Waals surface area contributed by atoms with Crippen LogP contribution in [0.4, 0.5) is 0 Å². The van der Waals surface area contributed by atoms with Gasteiger partial charge in [-0.25, -0.2) is 0 Å². The zero-order valence-corrected chi connectivity index (χ0v) is 10.8. The number of benzene rings is 1. The van der Waals surface area contributed by atoms with Crippen molar-refractivity contribution in [3.8, 4) is 0 Å². The lowest BCUT2D eigenvalue weighted by atomic mass is 9.81. The average Bonchev–Trinajstić information content (AvgIpc) is 2.34. The maximum atomic E-state index is 12.4. The van der Waals surface area contributed by atoms with Crippen LogP contribution in [0.3, 0.4) is 0 Å². The molecule has 1 aromatic rings. The van der Waals surface area contributed by atoms with Gasteiger partial charge in [0.2, 0.25) is 5.78 Å². The molecule has 0 fully saturated rings. The number of rotatable bonds is 0. The van der Waals surface area contributed by atoms with E-state index in [4.69, 9.17) is 4.74 Å². The molecule has 1 heterocycles. The van der Waals surface area contributed by atoms with Crippen molar-refractivity contribution in [2.24, 2.45) is 0 Å². The molecule has 98 valence electrons. The lowest BCUT2D eigenvalue weighted by molar-refractivity contribution is -0.0249. The van der Waals surface area contributed by atoms with Crippen molar-refractivity contribution in [1.82, 2.24) is 0 Å². The van der Waals surface area contributed by atoms with Gasteiger partial charge in [-0.2, -0.15) is 0 Å². The second-order valence-corrected chi connectivity index (χ2v) is 5.53. The maximum absolute atomic E-state index is 12.4. The monoisotopic (exact) mass is 258 g/mol. The first kappa shape index (κ1) is 12.1. The molecule has 19 heavy (non-hydrogen) atoms. The molecule has 0 spiro atoms. The van der Waals surface area contributed by atoms with E-state index in [0.29, 0.717) is 17.5 Å². The molecule has 0 amide bonds.